The van der Waals surface area contributed by atoms with E-state index in [1.54, 1.807) is 4.90 Å². The van der Waals surface area contributed by atoms with Crippen molar-refractivity contribution in [3.8, 4) is 6.07 Å². The number of carbonyl (C=O) groups is 1. The summed E-state index contributed by atoms with van der Waals surface area (Å²) in [5.74, 6) is 0.423. The number of carbonyl (C=O) groups excluding carboxylic acids is 1. The van der Waals surface area contributed by atoms with Crippen molar-refractivity contribution in [3.05, 3.63) is 30.3 Å². The van der Waals surface area contributed by atoms with Gasteiger partial charge in [0.05, 0.1) is 12.6 Å². The molecule has 1 amide bonds. The van der Waals surface area contributed by atoms with E-state index in [9.17, 15) is 4.79 Å². The Balaban J connectivity index is 1.99. The van der Waals surface area contributed by atoms with Crippen molar-refractivity contribution in [1.29, 1.82) is 5.26 Å². The molecule has 2 atom stereocenters. The van der Waals surface area contributed by atoms with Gasteiger partial charge in [0.1, 0.15) is 6.54 Å². The minimum absolute atomic E-state index is 0.0342. The Morgan fingerprint density at radius 1 is 1.52 bits per heavy atom. The van der Waals surface area contributed by atoms with Crippen LogP contribution in [0.4, 0.5) is 5.69 Å². The summed E-state index contributed by atoms with van der Waals surface area (Å²) in [6, 6.07) is 11.6. The van der Waals surface area contributed by atoms with Crippen molar-refractivity contribution in [2.75, 3.05) is 31.1 Å². The van der Waals surface area contributed by atoms with Crippen molar-refractivity contribution in [2.45, 2.75) is 19.4 Å². The van der Waals surface area contributed by atoms with Crippen molar-refractivity contribution in [2.24, 2.45) is 11.7 Å². The van der Waals surface area contributed by atoms with Gasteiger partial charge in [-0.05, 0) is 37.9 Å². The van der Waals surface area contributed by atoms with Gasteiger partial charge >= 0.3 is 0 Å². The zero-order valence-electron chi connectivity index (χ0n) is 12.4. The first-order valence-corrected chi connectivity index (χ1v) is 7.32. The largest absolute Gasteiger partial charge is 0.328 e. The topological polar surface area (TPSA) is 73.4 Å². The van der Waals surface area contributed by atoms with E-state index in [0.717, 1.165) is 25.2 Å². The first-order valence-electron chi connectivity index (χ1n) is 7.32. The normalized spacial score (nSPS) is 20.0. The number of hydrogen-bond donors (Lipinski definition) is 1. The maximum atomic E-state index is 12.5. The first kappa shape index (κ1) is 15.5. The molecule has 1 aromatic rings. The fourth-order valence-corrected chi connectivity index (χ4v) is 2.71. The molecule has 1 aliphatic heterocycles. The number of likely N-dealkylation sites (tertiary alicyclic amines) is 1. The number of rotatable bonds is 5. The molecule has 0 radical (unpaired) electrons. The van der Waals surface area contributed by atoms with Gasteiger partial charge in [-0.25, -0.2) is 0 Å². The van der Waals surface area contributed by atoms with Crippen molar-refractivity contribution < 1.29 is 4.79 Å². The fraction of sp³-hybridized carbons (Fsp3) is 0.500. The zero-order chi connectivity index (χ0) is 15.2. The van der Waals surface area contributed by atoms with E-state index in [4.69, 9.17) is 11.0 Å². The quantitative estimate of drug-likeness (QED) is 0.826. The summed E-state index contributed by atoms with van der Waals surface area (Å²) in [6.07, 6.45) is 1.04. The van der Waals surface area contributed by atoms with Crippen LogP contribution in [0.15, 0.2) is 30.3 Å². The van der Waals surface area contributed by atoms with Crippen LogP contribution in [0.3, 0.4) is 0 Å². The van der Waals surface area contributed by atoms with E-state index in [-0.39, 0.29) is 18.5 Å². The highest BCUT2D eigenvalue weighted by Crippen LogP contribution is 2.19. The number of hydrogen-bond acceptors (Lipinski definition) is 4. The Morgan fingerprint density at radius 2 is 2.24 bits per heavy atom. The third-order valence-corrected chi connectivity index (χ3v) is 4.01. The molecule has 112 valence electrons. The molecule has 1 heterocycles. The minimum atomic E-state index is -0.0342. The highest BCUT2D eigenvalue weighted by Gasteiger charge is 2.28. The summed E-state index contributed by atoms with van der Waals surface area (Å²) >= 11 is 0. The molecule has 0 bridgehead atoms. The lowest BCUT2D eigenvalue weighted by Gasteiger charge is -2.23. The maximum Gasteiger partial charge on any atom is 0.242 e. The summed E-state index contributed by atoms with van der Waals surface area (Å²) in [4.78, 5) is 16.1. The van der Waals surface area contributed by atoms with Gasteiger partial charge in [0.15, 0.2) is 0 Å². The monoisotopic (exact) mass is 286 g/mol. The van der Waals surface area contributed by atoms with Crippen LogP contribution in [0.1, 0.15) is 13.3 Å². The minimum Gasteiger partial charge on any atom is -0.328 e. The highest BCUT2D eigenvalue weighted by molar-refractivity contribution is 5.95. The van der Waals surface area contributed by atoms with Crippen molar-refractivity contribution >= 4 is 11.6 Å². The van der Waals surface area contributed by atoms with Gasteiger partial charge in [-0.1, -0.05) is 18.2 Å². The standard InChI is InChI=1S/C16H22N4O/c1-13(18)14-7-9-19(11-14)12-16(21)20(10-8-17)15-5-3-2-4-6-15/h2-6,13-14H,7,9-12,18H2,1H3. The van der Waals surface area contributed by atoms with Crippen LogP contribution in [0, 0.1) is 17.2 Å². The molecule has 1 saturated heterocycles. The fourth-order valence-electron chi connectivity index (χ4n) is 2.71. The molecule has 0 saturated carbocycles. The van der Waals surface area contributed by atoms with Crippen LogP contribution in [-0.2, 0) is 4.79 Å². The van der Waals surface area contributed by atoms with E-state index in [1.165, 1.54) is 0 Å². The van der Waals surface area contributed by atoms with Crippen LogP contribution in [0.2, 0.25) is 0 Å². The molecule has 5 nitrogen and oxygen atoms in total. The molecule has 2 N–H and O–H groups in total. The van der Waals surface area contributed by atoms with E-state index >= 15 is 0 Å². The molecule has 0 aromatic heterocycles. The Hall–Kier alpha value is -1.90. The summed E-state index contributed by atoms with van der Waals surface area (Å²) < 4.78 is 0. The lowest BCUT2D eigenvalue weighted by Crippen LogP contribution is -2.40. The molecule has 2 unspecified atom stereocenters. The predicted molar refractivity (Wildman–Crippen MR) is 82.6 cm³/mol. The summed E-state index contributed by atoms with van der Waals surface area (Å²) in [7, 11) is 0. The molecule has 5 heteroatoms. The molecule has 1 aliphatic rings. The number of nitriles is 1. The summed E-state index contributed by atoms with van der Waals surface area (Å²) in [5, 5.41) is 8.95. The second kappa shape index (κ2) is 7.21. The molecule has 21 heavy (non-hydrogen) atoms. The number of anilines is 1. The third-order valence-electron chi connectivity index (χ3n) is 4.01. The van der Waals surface area contributed by atoms with Crippen LogP contribution in [0.25, 0.3) is 0 Å². The van der Waals surface area contributed by atoms with Crippen molar-refractivity contribution in [3.63, 3.8) is 0 Å². The third kappa shape index (κ3) is 4.03. The number of nitrogens with zero attached hydrogens (tertiary/aromatic N) is 3. The SMILES string of the molecule is CC(N)C1CCN(CC(=O)N(CC#N)c2ccccc2)C1. The van der Waals surface area contributed by atoms with Gasteiger partial charge in [-0.3, -0.25) is 14.6 Å². The van der Waals surface area contributed by atoms with E-state index in [1.807, 2.05) is 37.3 Å². The van der Waals surface area contributed by atoms with Gasteiger partial charge in [-0.2, -0.15) is 5.26 Å². The van der Waals surface area contributed by atoms with Crippen LogP contribution >= 0.6 is 0 Å². The Bertz CT molecular complexity index is 509. The first-order chi connectivity index (χ1) is 10.1. The van der Waals surface area contributed by atoms with E-state index in [2.05, 4.69) is 11.0 Å². The number of nitrogens with two attached hydrogens (primary N) is 1. The predicted octanol–water partition coefficient (Wildman–Crippen LogP) is 1.21. The highest BCUT2D eigenvalue weighted by atomic mass is 16.2. The van der Waals surface area contributed by atoms with Crippen molar-refractivity contribution in [1.82, 2.24) is 4.90 Å². The molecule has 2 rings (SSSR count). The second-order valence-electron chi connectivity index (χ2n) is 5.62. The van der Waals surface area contributed by atoms with Gasteiger partial charge in [0.25, 0.3) is 0 Å². The van der Waals surface area contributed by atoms with Gasteiger partial charge in [0, 0.05) is 18.3 Å². The molecular formula is C16H22N4O. The Labute approximate surface area is 125 Å². The van der Waals surface area contributed by atoms with E-state index in [0.29, 0.717) is 12.5 Å². The molecule has 1 aromatic carbocycles. The van der Waals surface area contributed by atoms with E-state index < -0.39 is 0 Å². The average molecular weight is 286 g/mol. The Kier molecular flexibility index (Phi) is 5.32. The summed E-state index contributed by atoms with van der Waals surface area (Å²) in [5.41, 5.74) is 6.69. The number of benzene rings is 1. The molecular weight excluding hydrogens is 264 g/mol. The zero-order valence-corrected chi connectivity index (χ0v) is 12.4. The molecule has 0 spiro atoms. The van der Waals surface area contributed by atoms with Gasteiger partial charge < -0.3 is 5.73 Å². The van der Waals surface area contributed by atoms with Crippen LogP contribution < -0.4 is 10.6 Å². The summed E-state index contributed by atoms with van der Waals surface area (Å²) in [6.45, 7) is 4.20. The molecule has 1 fully saturated rings. The van der Waals surface area contributed by atoms with Gasteiger partial charge in [-0.15, -0.1) is 0 Å². The maximum absolute atomic E-state index is 12.5. The van der Waals surface area contributed by atoms with Crippen LogP contribution in [0.5, 0.6) is 0 Å². The van der Waals surface area contributed by atoms with Crippen LogP contribution in [-0.4, -0.2) is 43.0 Å². The van der Waals surface area contributed by atoms with Gasteiger partial charge in [0.2, 0.25) is 5.91 Å². The number of amides is 1. The lowest BCUT2D eigenvalue weighted by molar-refractivity contribution is -0.119. The lowest BCUT2D eigenvalue weighted by atomic mass is 10.0. The molecule has 0 aliphatic carbocycles. The smallest absolute Gasteiger partial charge is 0.242 e. The number of para-hydroxylation sites is 1. The second-order valence-corrected chi connectivity index (χ2v) is 5.62. The average Bonchev–Trinajstić information content (AvgIpc) is 2.94. The Morgan fingerprint density at radius 3 is 2.81 bits per heavy atom.